The van der Waals surface area contributed by atoms with Crippen LogP contribution in [0.15, 0.2) is 12.2 Å². The highest BCUT2D eigenvalue weighted by molar-refractivity contribution is 6.84. The van der Waals surface area contributed by atoms with Crippen LogP contribution in [0.5, 0.6) is 0 Å². The van der Waals surface area contributed by atoms with Gasteiger partial charge in [-0.2, -0.15) is 0 Å². The van der Waals surface area contributed by atoms with Gasteiger partial charge in [0.25, 0.3) is 0 Å². The zero-order valence-electron chi connectivity index (χ0n) is 14.2. The number of ether oxygens (including phenoxy) is 1. The summed E-state index contributed by atoms with van der Waals surface area (Å²) in [7, 11) is -3.16. The molecule has 0 fully saturated rings. The Morgan fingerprint density at radius 3 is 2.00 bits per heavy atom. The lowest BCUT2D eigenvalue weighted by atomic mass is 10.4. The van der Waals surface area contributed by atoms with E-state index in [0.29, 0.717) is 12.2 Å². The quantitative estimate of drug-likeness (QED) is 0.253. The van der Waals surface area contributed by atoms with Crippen LogP contribution in [0.3, 0.4) is 0 Å². The van der Waals surface area contributed by atoms with E-state index in [1.807, 2.05) is 0 Å². The fourth-order valence-electron chi connectivity index (χ4n) is 2.24. The first kappa shape index (κ1) is 19.6. The monoisotopic (exact) mass is 316 g/mol. The molecule has 0 bridgehead atoms. The van der Waals surface area contributed by atoms with E-state index in [2.05, 4.69) is 39.7 Å². The highest BCUT2D eigenvalue weighted by atomic mass is 28.4. The zero-order valence-corrected chi connectivity index (χ0v) is 16.2. The highest BCUT2D eigenvalue weighted by Gasteiger charge is 2.32. The van der Waals surface area contributed by atoms with Crippen LogP contribution in [0.2, 0.25) is 38.3 Å². The van der Waals surface area contributed by atoms with Crippen molar-refractivity contribution in [1.29, 1.82) is 0 Å². The Kier molecular flexibility index (Phi) is 8.62. The minimum Gasteiger partial charge on any atom is -0.462 e. The number of hydrogen-bond donors (Lipinski definition) is 0. The number of hydrogen-bond acceptors (Lipinski definition) is 3. The van der Waals surface area contributed by atoms with E-state index in [1.54, 1.807) is 6.92 Å². The lowest BCUT2D eigenvalue weighted by molar-refractivity contribution is -0.138. The van der Waals surface area contributed by atoms with Crippen molar-refractivity contribution in [1.82, 2.24) is 0 Å². The average Bonchev–Trinajstić information content (AvgIpc) is 2.30. The lowest BCUT2D eigenvalue weighted by Gasteiger charge is -2.34. The second-order valence-corrected chi connectivity index (χ2v) is 15.6. The Morgan fingerprint density at radius 1 is 1.05 bits per heavy atom. The normalized spacial score (nSPS) is 12.3. The van der Waals surface area contributed by atoms with E-state index >= 15 is 0 Å². The minimum atomic E-state index is -1.64. The molecule has 0 atom stereocenters. The summed E-state index contributed by atoms with van der Waals surface area (Å²) in [6.45, 7) is 17.1. The van der Waals surface area contributed by atoms with Crippen molar-refractivity contribution in [2.24, 2.45) is 0 Å². The van der Waals surface area contributed by atoms with Gasteiger partial charge in [0.2, 0.25) is 0 Å². The van der Waals surface area contributed by atoms with Crippen molar-refractivity contribution in [3.8, 4) is 0 Å². The molecule has 0 aromatic heterocycles. The SMILES string of the molecule is C=C(C)C(=O)OCCC[Si](C)(C)O[Si](C)(C)CCCC. The summed E-state index contributed by atoms with van der Waals surface area (Å²) < 4.78 is 11.6. The van der Waals surface area contributed by atoms with Crippen LogP contribution < -0.4 is 0 Å². The summed E-state index contributed by atoms with van der Waals surface area (Å²) in [6.07, 6.45) is 3.38. The van der Waals surface area contributed by atoms with Crippen molar-refractivity contribution in [3.63, 3.8) is 0 Å². The molecule has 3 nitrogen and oxygen atoms in total. The lowest BCUT2D eigenvalue weighted by Crippen LogP contribution is -2.44. The van der Waals surface area contributed by atoms with Crippen molar-refractivity contribution >= 4 is 22.6 Å². The van der Waals surface area contributed by atoms with Gasteiger partial charge in [-0.3, -0.25) is 0 Å². The summed E-state index contributed by atoms with van der Waals surface area (Å²) in [6, 6.07) is 2.28. The third-order valence-corrected chi connectivity index (χ3v) is 10.7. The molecule has 0 amide bonds. The number of unbranched alkanes of at least 4 members (excludes halogenated alkanes) is 1. The molecule has 0 rings (SSSR count). The van der Waals surface area contributed by atoms with Gasteiger partial charge in [0, 0.05) is 5.57 Å². The molecular weight excluding hydrogens is 284 g/mol. The van der Waals surface area contributed by atoms with Gasteiger partial charge in [-0.05, 0) is 51.6 Å². The van der Waals surface area contributed by atoms with Crippen LogP contribution in [-0.4, -0.2) is 29.2 Å². The predicted molar refractivity (Wildman–Crippen MR) is 91.0 cm³/mol. The van der Waals surface area contributed by atoms with Gasteiger partial charge in [0.1, 0.15) is 0 Å². The molecule has 20 heavy (non-hydrogen) atoms. The molecule has 0 heterocycles. The van der Waals surface area contributed by atoms with Crippen LogP contribution in [0.4, 0.5) is 0 Å². The maximum Gasteiger partial charge on any atom is 0.333 e. The fourth-order valence-corrected chi connectivity index (χ4v) is 11.2. The van der Waals surface area contributed by atoms with E-state index in [-0.39, 0.29) is 5.97 Å². The van der Waals surface area contributed by atoms with Crippen molar-refractivity contribution in [3.05, 3.63) is 12.2 Å². The molecule has 118 valence electrons. The van der Waals surface area contributed by atoms with Gasteiger partial charge in [-0.25, -0.2) is 4.79 Å². The van der Waals surface area contributed by atoms with Gasteiger partial charge >= 0.3 is 5.97 Å². The maximum absolute atomic E-state index is 11.3. The van der Waals surface area contributed by atoms with Crippen LogP contribution in [0.25, 0.3) is 0 Å². The molecule has 0 aromatic rings. The Bertz CT molecular complexity index is 325. The average molecular weight is 317 g/mol. The smallest absolute Gasteiger partial charge is 0.333 e. The highest BCUT2D eigenvalue weighted by Crippen LogP contribution is 2.24. The van der Waals surface area contributed by atoms with Crippen molar-refractivity contribution in [2.75, 3.05) is 6.61 Å². The molecule has 0 unspecified atom stereocenters. The van der Waals surface area contributed by atoms with Gasteiger partial charge in [-0.15, -0.1) is 0 Å². The number of carbonyl (C=O) groups excluding carboxylic acids is 1. The summed E-state index contributed by atoms with van der Waals surface area (Å²) in [4.78, 5) is 11.3. The molecular formula is C15H32O3Si2. The molecule has 0 saturated heterocycles. The van der Waals surface area contributed by atoms with Crippen LogP contribution >= 0.6 is 0 Å². The number of rotatable bonds is 10. The second-order valence-electron chi connectivity index (χ2n) is 6.74. The van der Waals surface area contributed by atoms with Crippen LogP contribution in [-0.2, 0) is 13.6 Å². The van der Waals surface area contributed by atoms with Crippen molar-refractivity contribution in [2.45, 2.75) is 71.4 Å². The third kappa shape index (κ3) is 9.50. The van der Waals surface area contributed by atoms with Gasteiger partial charge in [0.05, 0.1) is 6.61 Å². The summed E-state index contributed by atoms with van der Waals surface area (Å²) in [5, 5.41) is 0. The molecule has 0 aliphatic heterocycles. The Labute approximate surface area is 127 Å². The van der Waals surface area contributed by atoms with E-state index < -0.39 is 16.6 Å². The Hall–Kier alpha value is -0.396. The largest absolute Gasteiger partial charge is 0.462 e. The standard InChI is InChI=1S/C15H32O3Si2/c1-8-9-12-19(4,5)18-20(6,7)13-10-11-17-15(16)14(2)3/h2,8-13H2,1,3-7H3. The van der Waals surface area contributed by atoms with Gasteiger partial charge in [0.15, 0.2) is 16.6 Å². The molecule has 0 spiro atoms. The van der Waals surface area contributed by atoms with E-state index in [1.165, 1.54) is 18.9 Å². The van der Waals surface area contributed by atoms with E-state index in [4.69, 9.17) is 8.85 Å². The molecule has 0 N–H and O–H groups in total. The zero-order chi connectivity index (χ0) is 15.8. The Morgan fingerprint density at radius 2 is 1.55 bits per heavy atom. The second kappa shape index (κ2) is 8.79. The minimum absolute atomic E-state index is 0.289. The first-order valence-corrected chi connectivity index (χ1v) is 13.9. The third-order valence-electron chi connectivity index (χ3n) is 3.19. The molecule has 0 radical (unpaired) electrons. The summed E-state index contributed by atoms with van der Waals surface area (Å²) >= 11 is 0. The maximum atomic E-state index is 11.3. The molecule has 0 saturated carbocycles. The first-order chi connectivity index (χ1) is 9.09. The summed E-state index contributed by atoms with van der Waals surface area (Å²) in [5.41, 5.74) is 0.464. The topological polar surface area (TPSA) is 35.5 Å². The fraction of sp³-hybridized carbons (Fsp3) is 0.800. The molecule has 0 aromatic carbocycles. The predicted octanol–water partition coefficient (Wildman–Crippen LogP) is 4.72. The molecule has 5 heteroatoms. The number of carbonyl (C=O) groups is 1. The molecule has 0 aliphatic carbocycles. The van der Waals surface area contributed by atoms with Gasteiger partial charge < -0.3 is 8.85 Å². The van der Waals surface area contributed by atoms with Crippen molar-refractivity contribution < 1.29 is 13.6 Å². The van der Waals surface area contributed by atoms with Gasteiger partial charge in [-0.1, -0.05) is 26.3 Å². The Balaban J connectivity index is 4.06. The van der Waals surface area contributed by atoms with E-state index in [9.17, 15) is 4.79 Å². The van der Waals surface area contributed by atoms with E-state index in [0.717, 1.165) is 12.5 Å². The number of esters is 1. The first-order valence-electron chi connectivity index (χ1n) is 7.62. The molecule has 0 aliphatic rings. The van der Waals surface area contributed by atoms with Crippen LogP contribution in [0, 0.1) is 0 Å². The van der Waals surface area contributed by atoms with Crippen LogP contribution in [0.1, 0.15) is 33.1 Å². The summed E-state index contributed by atoms with van der Waals surface area (Å²) in [5.74, 6) is -0.289.